The zero-order chi connectivity index (χ0) is 10.1. The van der Waals surface area contributed by atoms with Crippen LogP contribution >= 0.6 is 22.6 Å². The van der Waals surface area contributed by atoms with Gasteiger partial charge < -0.3 is 5.73 Å². The van der Waals surface area contributed by atoms with Gasteiger partial charge in [-0.3, -0.25) is 4.79 Å². The number of amides is 1. The molecule has 0 saturated carbocycles. The van der Waals surface area contributed by atoms with Gasteiger partial charge in [0.15, 0.2) is 0 Å². The fourth-order valence-corrected chi connectivity index (χ4v) is 2.31. The summed E-state index contributed by atoms with van der Waals surface area (Å²) in [7, 11) is 0. The van der Waals surface area contributed by atoms with Crippen LogP contribution in [0.25, 0.3) is 10.8 Å². The van der Waals surface area contributed by atoms with Crippen molar-refractivity contribution in [2.45, 2.75) is 0 Å². The Morgan fingerprint density at radius 2 is 1.79 bits per heavy atom. The predicted octanol–water partition coefficient (Wildman–Crippen LogP) is 2.54. The molecule has 0 spiro atoms. The third kappa shape index (κ3) is 1.48. The van der Waals surface area contributed by atoms with E-state index in [0.29, 0.717) is 5.56 Å². The highest BCUT2D eigenvalue weighted by Crippen LogP contribution is 2.23. The molecular formula is C11H8INO. The van der Waals surface area contributed by atoms with E-state index in [1.807, 2.05) is 30.3 Å². The van der Waals surface area contributed by atoms with Gasteiger partial charge in [-0.15, -0.1) is 0 Å². The van der Waals surface area contributed by atoms with Crippen molar-refractivity contribution in [1.29, 1.82) is 0 Å². The molecule has 0 aliphatic carbocycles. The number of primary amides is 1. The zero-order valence-electron chi connectivity index (χ0n) is 7.33. The van der Waals surface area contributed by atoms with Crippen molar-refractivity contribution < 1.29 is 4.79 Å². The van der Waals surface area contributed by atoms with Crippen LogP contribution in [0.15, 0.2) is 36.4 Å². The number of benzene rings is 2. The van der Waals surface area contributed by atoms with Crippen LogP contribution in [0.2, 0.25) is 0 Å². The van der Waals surface area contributed by atoms with E-state index in [0.717, 1.165) is 14.3 Å². The second kappa shape index (κ2) is 3.57. The zero-order valence-corrected chi connectivity index (χ0v) is 9.49. The largest absolute Gasteiger partial charge is 0.366 e. The fraction of sp³-hybridized carbons (Fsp3) is 0. The number of halogens is 1. The van der Waals surface area contributed by atoms with Gasteiger partial charge in [0.05, 0.1) is 0 Å². The Morgan fingerprint density at radius 3 is 2.43 bits per heavy atom. The average molecular weight is 297 g/mol. The summed E-state index contributed by atoms with van der Waals surface area (Å²) >= 11 is 2.21. The Bertz CT molecular complexity index is 502. The Balaban J connectivity index is 2.91. The third-order valence-electron chi connectivity index (χ3n) is 2.12. The summed E-state index contributed by atoms with van der Waals surface area (Å²) in [5.74, 6) is -0.375. The summed E-state index contributed by atoms with van der Waals surface area (Å²) in [6.45, 7) is 0. The van der Waals surface area contributed by atoms with Crippen LogP contribution in [0, 0.1) is 3.57 Å². The van der Waals surface area contributed by atoms with Gasteiger partial charge in [-0.25, -0.2) is 0 Å². The Hall–Kier alpha value is -1.10. The Kier molecular flexibility index (Phi) is 2.41. The van der Waals surface area contributed by atoms with E-state index >= 15 is 0 Å². The molecule has 0 aromatic heterocycles. The van der Waals surface area contributed by atoms with Gasteiger partial charge in [-0.05, 0) is 40.1 Å². The van der Waals surface area contributed by atoms with Crippen LogP contribution in [0.3, 0.4) is 0 Å². The molecule has 0 fully saturated rings. The molecule has 0 atom stereocenters. The number of carbonyl (C=O) groups excluding carboxylic acids is 1. The molecular weight excluding hydrogens is 289 g/mol. The Morgan fingerprint density at radius 1 is 1.14 bits per heavy atom. The molecule has 14 heavy (non-hydrogen) atoms. The highest BCUT2D eigenvalue weighted by molar-refractivity contribution is 14.1. The first-order chi connectivity index (χ1) is 6.70. The van der Waals surface area contributed by atoms with Crippen LogP contribution in [0.1, 0.15) is 10.4 Å². The lowest BCUT2D eigenvalue weighted by Crippen LogP contribution is -2.11. The minimum Gasteiger partial charge on any atom is -0.366 e. The molecule has 1 amide bonds. The molecule has 3 heteroatoms. The van der Waals surface area contributed by atoms with E-state index in [1.165, 1.54) is 0 Å². The van der Waals surface area contributed by atoms with Crippen molar-refractivity contribution in [3.05, 3.63) is 45.5 Å². The van der Waals surface area contributed by atoms with E-state index < -0.39 is 0 Å². The second-order valence-corrected chi connectivity index (χ2v) is 4.17. The minimum absolute atomic E-state index is 0.375. The summed E-state index contributed by atoms with van der Waals surface area (Å²) in [6, 6.07) is 11.5. The molecule has 2 rings (SSSR count). The predicted molar refractivity (Wildman–Crippen MR) is 65.2 cm³/mol. The van der Waals surface area contributed by atoms with Gasteiger partial charge in [0.1, 0.15) is 0 Å². The standard InChI is InChI=1S/C11H8INO/c12-9-6-2-4-7-3-1-5-8(10(7)9)11(13)14/h1-6H,(H2,13,14). The van der Waals surface area contributed by atoms with Gasteiger partial charge in [0.2, 0.25) is 5.91 Å². The molecule has 70 valence electrons. The summed E-state index contributed by atoms with van der Waals surface area (Å²) in [5, 5.41) is 2.00. The molecule has 0 radical (unpaired) electrons. The van der Waals surface area contributed by atoms with E-state index in [9.17, 15) is 4.79 Å². The summed E-state index contributed by atoms with van der Waals surface area (Å²) in [4.78, 5) is 11.2. The van der Waals surface area contributed by atoms with Crippen LogP contribution < -0.4 is 5.73 Å². The normalized spacial score (nSPS) is 10.4. The van der Waals surface area contributed by atoms with Gasteiger partial charge in [0, 0.05) is 14.5 Å². The van der Waals surface area contributed by atoms with E-state index in [-0.39, 0.29) is 5.91 Å². The van der Waals surface area contributed by atoms with Gasteiger partial charge in [-0.2, -0.15) is 0 Å². The van der Waals surface area contributed by atoms with Crippen LogP contribution in [-0.2, 0) is 0 Å². The van der Waals surface area contributed by atoms with Crippen LogP contribution in [0.5, 0.6) is 0 Å². The lowest BCUT2D eigenvalue weighted by Gasteiger charge is -2.04. The van der Waals surface area contributed by atoms with Crippen molar-refractivity contribution in [3.63, 3.8) is 0 Å². The average Bonchev–Trinajstić information content (AvgIpc) is 2.17. The van der Waals surface area contributed by atoms with Gasteiger partial charge >= 0.3 is 0 Å². The highest BCUT2D eigenvalue weighted by Gasteiger charge is 2.07. The monoisotopic (exact) mass is 297 g/mol. The maximum atomic E-state index is 11.2. The highest BCUT2D eigenvalue weighted by atomic mass is 127. The first kappa shape index (κ1) is 9.45. The molecule has 0 bridgehead atoms. The number of rotatable bonds is 1. The quantitative estimate of drug-likeness (QED) is 0.808. The van der Waals surface area contributed by atoms with Crippen molar-refractivity contribution in [3.8, 4) is 0 Å². The smallest absolute Gasteiger partial charge is 0.249 e. The lowest BCUT2D eigenvalue weighted by atomic mass is 10.0. The molecule has 0 aliphatic rings. The Labute approximate surface area is 95.2 Å². The minimum atomic E-state index is -0.375. The van der Waals surface area contributed by atoms with E-state index in [1.54, 1.807) is 6.07 Å². The van der Waals surface area contributed by atoms with Gasteiger partial charge in [0.25, 0.3) is 0 Å². The first-order valence-electron chi connectivity index (χ1n) is 4.17. The number of nitrogens with two attached hydrogens (primary N) is 1. The molecule has 0 aliphatic heterocycles. The number of carbonyl (C=O) groups is 1. The molecule has 2 N–H and O–H groups in total. The molecule has 0 saturated heterocycles. The molecule has 0 heterocycles. The van der Waals surface area contributed by atoms with Crippen LogP contribution in [0.4, 0.5) is 0 Å². The molecule has 0 unspecified atom stereocenters. The van der Waals surface area contributed by atoms with Crippen molar-refractivity contribution in [2.24, 2.45) is 5.73 Å². The molecule has 2 aromatic rings. The maximum Gasteiger partial charge on any atom is 0.249 e. The number of fused-ring (bicyclic) bond motifs is 1. The van der Waals surface area contributed by atoms with Crippen LogP contribution in [-0.4, -0.2) is 5.91 Å². The van der Waals surface area contributed by atoms with Gasteiger partial charge in [-0.1, -0.05) is 24.3 Å². The first-order valence-corrected chi connectivity index (χ1v) is 5.25. The lowest BCUT2D eigenvalue weighted by molar-refractivity contribution is 0.100. The summed E-state index contributed by atoms with van der Waals surface area (Å²) in [5.41, 5.74) is 5.90. The topological polar surface area (TPSA) is 43.1 Å². The fourth-order valence-electron chi connectivity index (χ4n) is 1.50. The second-order valence-electron chi connectivity index (χ2n) is 3.01. The summed E-state index contributed by atoms with van der Waals surface area (Å²) < 4.78 is 1.05. The van der Waals surface area contributed by atoms with Crippen molar-refractivity contribution >= 4 is 39.3 Å². The number of hydrogen-bond acceptors (Lipinski definition) is 1. The van der Waals surface area contributed by atoms with E-state index in [4.69, 9.17) is 5.73 Å². The molecule has 2 nitrogen and oxygen atoms in total. The number of hydrogen-bond donors (Lipinski definition) is 1. The van der Waals surface area contributed by atoms with E-state index in [2.05, 4.69) is 22.6 Å². The summed E-state index contributed by atoms with van der Waals surface area (Å²) in [6.07, 6.45) is 0. The SMILES string of the molecule is NC(=O)c1cccc2cccc(I)c12. The van der Waals surface area contributed by atoms with Crippen molar-refractivity contribution in [1.82, 2.24) is 0 Å². The molecule has 2 aromatic carbocycles. The van der Waals surface area contributed by atoms with Crippen molar-refractivity contribution in [2.75, 3.05) is 0 Å². The maximum absolute atomic E-state index is 11.2. The third-order valence-corrected chi connectivity index (χ3v) is 3.02.